The number of hydrogen-bond donors (Lipinski definition) is 0. The molecule has 0 saturated carbocycles. The minimum absolute atomic E-state index is 0.0720. The third-order valence-electron chi connectivity index (χ3n) is 4.28. The Hall–Kier alpha value is -0.913. The van der Waals surface area contributed by atoms with E-state index in [2.05, 4.69) is 40.4 Å². The van der Waals surface area contributed by atoms with E-state index in [9.17, 15) is 4.79 Å². The zero-order valence-corrected chi connectivity index (χ0v) is 17.8. The Bertz CT molecular complexity index is 443. The van der Waals surface area contributed by atoms with Gasteiger partial charge in [0.25, 0.3) is 0 Å². The molecule has 0 aromatic heterocycles. The Morgan fingerprint density at radius 3 is 2.25 bits per heavy atom. The highest BCUT2D eigenvalue weighted by molar-refractivity contribution is 6.74. The molecule has 0 aliphatic rings. The molecule has 140 valence electrons. The number of allylic oxidation sites excluding steroid dienone is 1. The van der Waals surface area contributed by atoms with Gasteiger partial charge in [0.15, 0.2) is 8.32 Å². The average Bonchev–Trinajstić information content (AvgIpc) is 2.35. The molecule has 0 bridgehead atoms. The molecule has 0 heterocycles. The highest BCUT2D eigenvalue weighted by Crippen LogP contribution is 2.36. The normalized spacial score (nSPS) is 13.3. The second-order valence-electron chi connectivity index (χ2n) is 7.97. The van der Waals surface area contributed by atoms with Gasteiger partial charge < -0.3 is 13.9 Å². The van der Waals surface area contributed by atoms with Crippen LogP contribution in [0.2, 0.25) is 18.1 Å². The van der Waals surface area contributed by atoms with E-state index in [1.165, 1.54) is 12.5 Å². The first-order chi connectivity index (χ1) is 10.8. The van der Waals surface area contributed by atoms with Crippen LogP contribution in [-0.4, -0.2) is 33.6 Å². The summed E-state index contributed by atoms with van der Waals surface area (Å²) in [6.07, 6.45) is 3.22. The molecule has 0 radical (unpaired) electrons. The molecule has 0 amide bonds. The van der Waals surface area contributed by atoms with Crippen LogP contribution in [0.1, 0.15) is 54.4 Å². The summed E-state index contributed by atoms with van der Waals surface area (Å²) < 4.78 is 17.2. The monoisotopic (exact) mass is 356 g/mol. The fourth-order valence-corrected chi connectivity index (χ4v) is 2.82. The Labute approximate surface area is 149 Å². The smallest absolute Gasteiger partial charge is 0.307 e. The van der Waals surface area contributed by atoms with Gasteiger partial charge in [-0.05, 0) is 38.4 Å². The number of carbonyl (C=O) groups is 1. The van der Waals surface area contributed by atoms with Crippen LogP contribution in [0.3, 0.4) is 0 Å². The van der Waals surface area contributed by atoms with Gasteiger partial charge in [-0.1, -0.05) is 39.0 Å². The van der Waals surface area contributed by atoms with E-state index in [0.29, 0.717) is 25.4 Å². The largest absolute Gasteiger partial charge is 0.432 e. The molecule has 0 rings (SSSR count). The molecule has 1 unspecified atom stereocenters. The molecule has 0 aliphatic carbocycles. The van der Waals surface area contributed by atoms with Crippen LogP contribution in [0.4, 0.5) is 0 Å². The number of carbonyl (C=O) groups excluding carboxylic acids is 1. The molecule has 0 aromatic carbocycles. The minimum atomic E-state index is -1.76. The second kappa shape index (κ2) is 10.2. The molecule has 24 heavy (non-hydrogen) atoms. The van der Waals surface area contributed by atoms with E-state index in [4.69, 9.17) is 13.9 Å². The molecule has 1 atom stereocenters. The lowest BCUT2D eigenvalue weighted by molar-refractivity contribution is -0.137. The maximum Gasteiger partial charge on any atom is 0.307 e. The van der Waals surface area contributed by atoms with Crippen LogP contribution in [0, 0.1) is 0 Å². The van der Waals surface area contributed by atoms with Gasteiger partial charge >= 0.3 is 5.97 Å². The molecule has 5 heteroatoms. The standard InChI is InChI=1S/C19H36O4Si/c1-15(2)10-12-21-18(14-16(3)23-17(4)20)11-13-22-24(8,9)19(5,6)7/h10,18H,3,11-14H2,1-2,4-9H3. The van der Waals surface area contributed by atoms with Gasteiger partial charge in [0.05, 0.1) is 12.7 Å². The van der Waals surface area contributed by atoms with Crippen molar-refractivity contribution in [1.29, 1.82) is 0 Å². The van der Waals surface area contributed by atoms with Crippen molar-refractivity contribution >= 4 is 14.3 Å². The van der Waals surface area contributed by atoms with Crippen molar-refractivity contribution in [3.63, 3.8) is 0 Å². The first-order valence-electron chi connectivity index (χ1n) is 8.60. The molecule has 0 spiro atoms. The number of ether oxygens (including phenoxy) is 2. The lowest BCUT2D eigenvalue weighted by Gasteiger charge is -2.36. The molecule has 0 N–H and O–H groups in total. The van der Waals surface area contributed by atoms with Crippen LogP contribution >= 0.6 is 0 Å². The lowest BCUT2D eigenvalue weighted by atomic mass is 10.1. The fourth-order valence-electron chi connectivity index (χ4n) is 1.76. The molecular formula is C19H36O4Si. The van der Waals surface area contributed by atoms with Gasteiger partial charge in [0, 0.05) is 20.0 Å². The van der Waals surface area contributed by atoms with Crippen molar-refractivity contribution in [3.8, 4) is 0 Å². The quantitative estimate of drug-likeness (QED) is 0.233. The summed E-state index contributed by atoms with van der Waals surface area (Å²) in [5.74, 6) is 0.0950. The minimum Gasteiger partial charge on any atom is -0.432 e. The summed E-state index contributed by atoms with van der Waals surface area (Å²) in [5, 5.41) is 0.187. The summed E-state index contributed by atoms with van der Waals surface area (Å²) in [6.45, 7) is 21.6. The zero-order chi connectivity index (χ0) is 19.0. The van der Waals surface area contributed by atoms with E-state index >= 15 is 0 Å². The van der Waals surface area contributed by atoms with Crippen molar-refractivity contribution < 1.29 is 18.7 Å². The maximum absolute atomic E-state index is 11.0. The topological polar surface area (TPSA) is 44.8 Å². The Kier molecular flexibility index (Phi) is 9.78. The first kappa shape index (κ1) is 23.1. The predicted octanol–water partition coefficient (Wildman–Crippen LogP) is 5.22. The fraction of sp³-hybridized carbons (Fsp3) is 0.737. The SMILES string of the molecule is C=C(CC(CCO[Si](C)(C)C(C)(C)C)OCC=C(C)C)OC(C)=O. The summed E-state index contributed by atoms with van der Waals surface area (Å²) in [7, 11) is -1.76. The van der Waals surface area contributed by atoms with Crippen LogP contribution in [0.25, 0.3) is 0 Å². The van der Waals surface area contributed by atoms with Crippen molar-refractivity contribution in [1.82, 2.24) is 0 Å². The number of rotatable bonds is 10. The Balaban J connectivity index is 4.61. The van der Waals surface area contributed by atoms with Gasteiger partial charge in [-0.2, -0.15) is 0 Å². The highest BCUT2D eigenvalue weighted by Gasteiger charge is 2.37. The van der Waals surface area contributed by atoms with Crippen LogP contribution in [0.5, 0.6) is 0 Å². The van der Waals surface area contributed by atoms with Gasteiger partial charge in [-0.25, -0.2) is 0 Å². The Morgan fingerprint density at radius 1 is 1.21 bits per heavy atom. The number of hydrogen-bond acceptors (Lipinski definition) is 4. The van der Waals surface area contributed by atoms with Crippen molar-refractivity contribution in [2.75, 3.05) is 13.2 Å². The highest BCUT2D eigenvalue weighted by atomic mass is 28.4. The van der Waals surface area contributed by atoms with E-state index in [-0.39, 0.29) is 17.1 Å². The summed E-state index contributed by atoms with van der Waals surface area (Å²) in [6, 6.07) is 0. The number of esters is 1. The van der Waals surface area contributed by atoms with E-state index < -0.39 is 8.32 Å². The molecule has 4 nitrogen and oxygen atoms in total. The van der Waals surface area contributed by atoms with Crippen molar-refractivity contribution in [3.05, 3.63) is 24.0 Å². The second-order valence-corrected chi connectivity index (χ2v) is 12.8. The molecule has 0 aliphatic heterocycles. The third kappa shape index (κ3) is 10.1. The predicted molar refractivity (Wildman–Crippen MR) is 102 cm³/mol. The summed E-state index contributed by atoms with van der Waals surface area (Å²) in [4.78, 5) is 11.0. The first-order valence-corrected chi connectivity index (χ1v) is 11.5. The van der Waals surface area contributed by atoms with Crippen LogP contribution < -0.4 is 0 Å². The van der Waals surface area contributed by atoms with Gasteiger partial charge in [0.2, 0.25) is 0 Å². The van der Waals surface area contributed by atoms with E-state index in [0.717, 1.165) is 6.42 Å². The molecular weight excluding hydrogens is 320 g/mol. The van der Waals surface area contributed by atoms with E-state index in [1.54, 1.807) is 0 Å². The van der Waals surface area contributed by atoms with Gasteiger partial charge in [0.1, 0.15) is 5.76 Å². The third-order valence-corrected chi connectivity index (χ3v) is 8.81. The van der Waals surface area contributed by atoms with E-state index in [1.807, 2.05) is 19.9 Å². The molecule has 0 fully saturated rings. The molecule has 0 aromatic rings. The van der Waals surface area contributed by atoms with Crippen LogP contribution in [0.15, 0.2) is 24.0 Å². The summed E-state index contributed by atoms with van der Waals surface area (Å²) in [5.41, 5.74) is 1.21. The van der Waals surface area contributed by atoms with Gasteiger partial charge in [-0.3, -0.25) is 4.79 Å². The van der Waals surface area contributed by atoms with Crippen LogP contribution in [-0.2, 0) is 18.7 Å². The Morgan fingerprint density at radius 2 is 1.79 bits per heavy atom. The average molecular weight is 357 g/mol. The van der Waals surface area contributed by atoms with Crippen molar-refractivity contribution in [2.24, 2.45) is 0 Å². The molecule has 0 saturated heterocycles. The van der Waals surface area contributed by atoms with Crippen molar-refractivity contribution in [2.45, 2.75) is 78.6 Å². The van der Waals surface area contributed by atoms with Gasteiger partial charge in [-0.15, -0.1) is 0 Å². The lowest BCUT2D eigenvalue weighted by Crippen LogP contribution is -2.41. The zero-order valence-electron chi connectivity index (χ0n) is 16.8. The summed E-state index contributed by atoms with van der Waals surface area (Å²) >= 11 is 0. The maximum atomic E-state index is 11.0.